The number of anilines is 1. The van der Waals surface area contributed by atoms with E-state index >= 15 is 0 Å². The van der Waals surface area contributed by atoms with Gasteiger partial charge in [0.1, 0.15) is 22.9 Å². The normalized spacial score (nSPS) is 10.5. The molecule has 0 radical (unpaired) electrons. The zero-order chi connectivity index (χ0) is 22.4. The molecule has 0 aliphatic heterocycles. The van der Waals surface area contributed by atoms with Gasteiger partial charge in [0.15, 0.2) is 6.61 Å². The van der Waals surface area contributed by atoms with Gasteiger partial charge in [-0.25, -0.2) is 4.79 Å². The number of aromatic nitrogens is 2. The molecule has 0 unspecified atom stereocenters. The highest BCUT2D eigenvalue weighted by atomic mass is 32.1. The largest absolute Gasteiger partial charge is 0.462 e. The predicted octanol–water partition coefficient (Wildman–Crippen LogP) is 2.39. The summed E-state index contributed by atoms with van der Waals surface area (Å²) in [5.41, 5.74) is 0.465. The SMILES string of the molecule is CCOC(=O)c1cc(CC)sc1NC(=O)COC(=O)Cn1nc(C)c([N+](=O)[O-])c1C. The number of aryl methyl sites for hydroxylation is 2. The molecule has 1 amide bonds. The van der Waals surface area contributed by atoms with E-state index in [2.05, 4.69) is 10.4 Å². The average Bonchev–Trinajstić information content (AvgIpc) is 3.20. The van der Waals surface area contributed by atoms with Gasteiger partial charge < -0.3 is 14.8 Å². The van der Waals surface area contributed by atoms with Gasteiger partial charge in [-0.1, -0.05) is 6.92 Å². The van der Waals surface area contributed by atoms with Crippen molar-refractivity contribution >= 4 is 39.9 Å². The Morgan fingerprint density at radius 1 is 1.27 bits per heavy atom. The van der Waals surface area contributed by atoms with Crippen LogP contribution in [0.25, 0.3) is 0 Å². The van der Waals surface area contributed by atoms with Crippen LogP contribution in [-0.2, 0) is 32.0 Å². The van der Waals surface area contributed by atoms with Crippen molar-refractivity contribution in [2.45, 2.75) is 40.7 Å². The highest BCUT2D eigenvalue weighted by Crippen LogP contribution is 2.29. The van der Waals surface area contributed by atoms with Crippen LogP contribution in [0.1, 0.15) is 40.5 Å². The number of hydrogen-bond donors (Lipinski definition) is 1. The number of carbonyl (C=O) groups is 3. The first-order valence-corrected chi connectivity index (χ1v) is 9.93. The van der Waals surface area contributed by atoms with Crippen LogP contribution >= 0.6 is 11.3 Å². The van der Waals surface area contributed by atoms with Crippen molar-refractivity contribution in [1.29, 1.82) is 0 Å². The molecule has 0 aliphatic rings. The van der Waals surface area contributed by atoms with E-state index in [4.69, 9.17) is 9.47 Å². The van der Waals surface area contributed by atoms with Crippen molar-refractivity contribution in [3.05, 3.63) is 38.0 Å². The molecular formula is C18H22N4O7S. The third kappa shape index (κ3) is 5.41. The third-order valence-corrected chi connectivity index (χ3v) is 5.24. The molecule has 30 heavy (non-hydrogen) atoms. The Morgan fingerprint density at radius 3 is 2.53 bits per heavy atom. The number of nitro groups is 1. The summed E-state index contributed by atoms with van der Waals surface area (Å²) in [5.74, 6) is -1.96. The quantitative estimate of drug-likeness (QED) is 0.357. The minimum Gasteiger partial charge on any atom is -0.462 e. The van der Waals surface area contributed by atoms with Crippen LogP contribution in [-0.4, -0.2) is 45.8 Å². The molecule has 0 saturated carbocycles. The zero-order valence-corrected chi connectivity index (χ0v) is 17.8. The number of ether oxygens (including phenoxy) is 2. The minimum atomic E-state index is -0.781. The Morgan fingerprint density at radius 2 is 1.97 bits per heavy atom. The Hall–Kier alpha value is -3.28. The van der Waals surface area contributed by atoms with Crippen molar-refractivity contribution in [2.75, 3.05) is 18.5 Å². The van der Waals surface area contributed by atoms with Gasteiger partial charge in [0, 0.05) is 4.88 Å². The number of nitrogens with one attached hydrogen (secondary N) is 1. The first kappa shape index (κ1) is 23.0. The van der Waals surface area contributed by atoms with Crippen LogP contribution < -0.4 is 5.32 Å². The summed E-state index contributed by atoms with van der Waals surface area (Å²) in [6.45, 7) is 5.77. The molecule has 2 aromatic rings. The van der Waals surface area contributed by atoms with E-state index in [1.54, 1.807) is 13.0 Å². The standard InChI is InChI=1S/C18H22N4O7S/c1-5-12-7-13(18(25)28-6-2)17(30-12)19-14(23)9-29-15(24)8-21-11(4)16(22(26)27)10(3)20-21/h7H,5-6,8-9H2,1-4H3,(H,19,23). The van der Waals surface area contributed by atoms with Crippen molar-refractivity contribution in [1.82, 2.24) is 9.78 Å². The molecule has 0 aromatic carbocycles. The zero-order valence-electron chi connectivity index (χ0n) is 17.0. The fourth-order valence-corrected chi connectivity index (χ4v) is 3.65. The summed E-state index contributed by atoms with van der Waals surface area (Å²) >= 11 is 1.24. The van der Waals surface area contributed by atoms with E-state index in [9.17, 15) is 24.5 Å². The number of thiophene rings is 1. The van der Waals surface area contributed by atoms with Crippen LogP contribution in [0.4, 0.5) is 10.7 Å². The molecule has 0 spiro atoms. The molecule has 0 fully saturated rings. The minimum absolute atomic E-state index is 0.170. The van der Waals surface area contributed by atoms with Crippen molar-refractivity contribution in [2.24, 2.45) is 0 Å². The van der Waals surface area contributed by atoms with Gasteiger partial charge in [-0.15, -0.1) is 11.3 Å². The van der Waals surface area contributed by atoms with E-state index in [-0.39, 0.29) is 35.8 Å². The smallest absolute Gasteiger partial charge is 0.341 e. The van der Waals surface area contributed by atoms with Crippen LogP contribution in [0.3, 0.4) is 0 Å². The fraction of sp³-hybridized carbons (Fsp3) is 0.444. The molecule has 0 bridgehead atoms. The van der Waals surface area contributed by atoms with E-state index in [1.165, 1.54) is 25.2 Å². The highest BCUT2D eigenvalue weighted by molar-refractivity contribution is 7.16. The van der Waals surface area contributed by atoms with E-state index < -0.39 is 29.4 Å². The number of amides is 1. The second kappa shape index (κ2) is 9.96. The van der Waals surface area contributed by atoms with Crippen LogP contribution in [0, 0.1) is 24.0 Å². The predicted molar refractivity (Wildman–Crippen MR) is 108 cm³/mol. The lowest BCUT2D eigenvalue weighted by Crippen LogP contribution is -2.24. The molecule has 12 heteroatoms. The van der Waals surface area contributed by atoms with Crippen molar-refractivity contribution < 1.29 is 28.8 Å². The maximum Gasteiger partial charge on any atom is 0.341 e. The van der Waals surface area contributed by atoms with Crippen molar-refractivity contribution in [3.63, 3.8) is 0 Å². The van der Waals surface area contributed by atoms with Gasteiger partial charge in [0.2, 0.25) is 0 Å². The molecule has 0 atom stereocenters. The Labute approximate surface area is 176 Å². The van der Waals surface area contributed by atoms with Crippen LogP contribution in [0.5, 0.6) is 0 Å². The van der Waals surface area contributed by atoms with E-state index in [0.717, 1.165) is 9.56 Å². The molecule has 0 saturated heterocycles. The second-order valence-corrected chi connectivity index (χ2v) is 7.31. The van der Waals surface area contributed by atoms with E-state index in [1.807, 2.05) is 6.92 Å². The summed E-state index contributed by atoms with van der Waals surface area (Å²) in [5, 5.41) is 17.8. The van der Waals surface area contributed by atoms with Crippen molar-refractivity contribution in [3.8, 4) is 0 Å². The topological polar surface area (TPSA) is 143 Å². The maximum atomic E-state index is 12.2. The van der Waals surface area contributed by atoms with Gasteiger partial charge >= 0.3 is 17.6 Å². The van der Waals surface area contributed by atoms with Gasteiger partial charge in [0.05, 0.1) is 17.1 Å². The Kier molecular flexibility index (Phi) is 7.64. The summed E-state index contributed by atoms with van der Waals surface area (Å²) in [6, 6.07) is 1.65. The number of esters is 2. The second-order valence-electron chi connectivity index (χ2n) is 6.17. The molecule has 2 aromatic heterocycles. The summed E-state index contributed by atoms with van der Waals surface area (Å²) in [4.78, 5) is 47.6. The molecular weight excluding hydrogens is 416 g/mol. The molecule has 11 nitrogen and oxygen atoms in total. The van der Waals surface area contributed by atoms with Gasteiger partial charge in [0.25, 0.3) is 5.91 Å². The number of hydrogen-bond acceptors (Lipinski definition) is 9. The highest BCUT2D eigenvalue weighted by Gasteiger charge is 2.23. The lowest BCUT2D eigenvalue weighted by molar-refractivity contribution is -0.386. The fourth-order valence-electron chi connectivity index (χ4n) is 2.65. The lowest BCUT2D eigenvalue weighted by Gasteiger charge is -2.08. The monoisotopic (exact) mass is 438 g/mol. The summed E-state index contributed by atoms with van der Waals surface area (Å²) in [7, 11) is 0. The Bertz CT molecular complexity index is 980. The van der Waals surface area contributed by atoms with E-state index in [0.29, 0.717) is 11.4 Å². The number of rotatable bonds is 9. The number of nitrogens with zero attached hydrogens (tertiary/aromatic N) is 3. The van der Waals surface area contributed by atoms with Crippen LogP contribution in [0.2, 0.25) is 0 Å². The molecule has 2 heterocycles. The number of carbonyl (C=O) groups excluding carboxylic acids is 3. The first-order chi connectivity index (χ1) is 14.2. The Balaban J connectivity index is 1.98. The van der Waals surface area contributed by atoms with Crippen LogP contribution in [0.15, 0.2) is 6.07 Å². The van der Waals surface area contributed by atoms with Gasteiger partial charge in [-0.3, -0.25) is 24.4 Å². The lowest BCUT2D eigenvalue weighted by atomic mass is 10.2. The molecule has 162 valence electrons. The average molecular weight is 438 g/mol. The third-order valence-electron chi connectivity index (χ3n) is 4.05. The molecule has 1 N–H and O–H groups in total. The van der Waals surface area contributed by atoms with Gasteiger partial charge in [-0.05, 0) is 33.3 Å². The summed E-state index contributed by atoms with van der Waals surface area (Å²) < 4.78 is 11.1. The maximum absolute atomic E-state index is 12.2. The molecule has 2 rings (SSSR count). The van der Waals surface area contributed by atoms with Gasteiger partial charge in [-0.2, -0.15) is 5.10 Å². The first-order valence-electron chi connectivity index (χ1n) is 9.11. The molecule has 0 aliphatic carbocycles. The summed E-state index contributed by atoms with van der Waals surface area (Å²) in [6.07, 6.45) is 0.677.